The lowest BCUT2D eigenvalue weighted by Crippen LogP contribution is -2.03. The summed E-state index contributed by atoms with van der Waals surface area (Å²) in [5.74, 6) is 1.67. The summed E-state index contributed by atoms with van der Waals surface area (Å²) in [6.07, 6.45) is 1.90. The first-order valence-electron chi connectivity index (χ1n) is 5.23. The van der Waals surface area contributed by atoms with E-state index in [-0.39, 0.29) is 0 Å². The monoisotopic (exact) mass is 196 g/mol. The molecule has 80 valence electrons. The Morgan fingerprint density at radius 1 is 1.14 bits per heavy atom. The molecule has 0 aliphatic heterocycles. The van der Waals surface area contributed by atoms with Gasteiger partial charge in [-0.05, 0) is 24.7 Å². The first-order valence-corrected chi connectivity index (χ1v) is 5.23. The third kappa shape index (κ3) is 2.76. The lowest BCUT2D eigenvalue weighted by atomic mass is 9.98. The molecule has 0 saturated carbocycles. The highest BCUT2D eigenvalue weighted by molar-refractivity contribution is 5.39. The normalized spacial score (nSPS) is 11.6. The summed E-state index contributed by atoms with van der Waals surface area (Å²) in [6.45, 7) is 8.69. The average molecular weight is 196 g/mol. The molecule has 1 aromatic rings. The van der Waals surface area contributed by atoms with Crippen molar-refractivity contribution in [2.75, 3.05) is 5.73 Å². The number of nitrogen functional groups attached to an aromatic ring is 1. The highest BCUT2D eigenvalue weighted by atomic mass is 16.5. The molecule has 0 bridgehead atoms. The van der Waals surface area contributed by atoms with E-state index in [0.29, 0.717) is 17.7 Å². The van der Waals surface area contributed by atoms with Crippen LogP contribution < -0.4 is 5.73 Å². The van der Waals surface area contributed by atoms with Crippen LogP contribution in [0.4, 0.5) is 5.88 Å². The Balaban J connectivity index is 2.82. The van der Waals surface area contributed by atoms with Gasteiger partial charge in [0.05, 0.1) is 5.69 Å². The van der Waals surface area contributed by atoms with Crippen LogP contribution in [-0.2, 0) is 12.8 Å². The molecule has 0 aliphatic carbocycles. The first-order chi connectivity index (χ1) is 6.50. The molecule has 0 atom stereocenters. The standard InChI is InChI=1S/C11H20N2O/c1-7(2)5-9-10(6-8(3)4)13-14-11(9)12/h7-8H,5-6,12H2,1-4H3. The van der Waals surface area contributed by atoms with Gasteiger partial charge in [0, 0.05) is 5.56 Å². The first kappa shape index (κ1) is 11.1. The highest BCUT2D eigenvalue weighted by Crippen LogP contribution is 2.22. The molecule has 1 rings (SSSR count). The topological polar surface area (TPSA) is 52.0 Å². The molecule has 1 aromatic heterocycles. The molecule has 0 saturated heterocycles. The zero-order chi connectivity index (χ0) is 10.7. The molecule has 14 heavy (non-hydrogen) atoms. The van der Waals surface area contributed by atoms with Crippen molar-refractivity contribution >= 4 is 5.88 Å². The third-order valence-corrected chi connectivity index (χ3v) is 2.11. The fraction of sp³-hybridized carbons (Fsp3) is 0.727. The fourth-order valence-electron chi connectivity index (χ4n) is 1.53. The van der Waals surface area contributed by atoms with Crippen LogP contribution in [-0.4, -0.2) is 5.16 Å². The number of nitrogens with two attached hydrogens (primary N) is 1. The molecule has 0 fully saturated rings. The summed E-state index contributed by atoms with van der Waals surface area (Å²) in [6, 6.07) is 0. The van der Waals surface area contributed by atoms with E-state index in [1.165, 1.54) is 0 Å². The van der Waals surface area contributed by atoms with Crippen molar-refractivity contribution in [3.8, 4) is 0 Å². The van der Waals surface area contributed by atoms with E-state index in [9.17, 15) is 0 Å². The Kier molecular flexibility index (Phi) is 3.55. The van der Waals surface area contributed by atoms with Crippen LogP contribution >= 0.6 is 0 Å². The molecule has 3 heteroatoms. The Hall–Kier alpha value is -0.990. The smallest absolute Gasteiger partial charge is 0.225 e. The van der Waals surface area contributed by atoms with Crippen LogP contribution in [0, 0.1) is 11.8 Å². The number of rotatable bonds is 4. The largest absolute Gasteiger partial charge is 0.367 e. The molecule has 0 radical (unpaired) electrons. The van der Waals surface area contributed by atoms with Gasteiger partial charge in [-0.2, -0.15) is 0 Å². The lowest BCUT2D eigenvalue weighted by molar-refractivity contribution is 0.422. The van der Waals surface area contributed by atoms with Crippen LogP contribution in [0.5, 0.6) is 0 Å². The van der Waals surface area contributed by atoms with Crippen molar-refractivity contribution in [3.63, 3.8) is 0 Å². The van der Waals surface area contributed by atoms with Gasteiger partial charge in [-0.3, -0.25) is 0 Å². The number of nitrogens with zero attached hydrogens (tertiary/aromatic N) is 1. The quantitative estimate of drug-likeness (QED) is 0.805. The van der Waals surface area contributed by atoms with Crippen LogP contribution in [0.15, 0.2) is 4.52 Å². The maximum absolute atomic E-state index is 5.74. The van der Waals surface area contributed by atoms with Gasteiger partial charge in [-0.25, -0.2) is 0 Å². The molecule has 0 spiro atoms. The van der Waals surface area contributed by atoms with Gasteiger partial charge in [0.15, 0.2) is 0 Å². The van der Waals surface area contributed by atoms with Crippen LogP contribution in [0.3, 0.4) is 0 Å². The predicted molar refractivity (Wildman–Crippen MR) is 58.0 cm³/mol. The molecule has 0 amide bonds. The van der Waals surface area contributed by atoms with Crippen molar-refractivity contribution in [2.45, 2.75) is 40.5 Å². The van der Waals surface area contributed by atoms with E-state index < -0.39 is 0 Å². The molecule has 0 unspecified atom stereocenters. The Morgan fingerprint density at radius 3 is 2.21 bits per heavy atom. The Bertz CT molecular complexity index is 289. The van der Waals surface area contributed by atoms with Crippen LogP contribution in [0.25, 0.3) is 0 Å². The minimum Gasteiger partial charge on any atom is -0.367 e. The van der Waals surface area contributed by atoms with Crippen molar-refractivity contribution in [3.05, 3.63) is 11.3 Å². The number of anilines is 1. The van der Waals surface area contributed by atoms with E-state index in [1.54, 1.807) is 0 Å². The molecule has 0 aromatic carbocycles. The predicted octanol–water partition coefficient (Wildman–Crippen LogP) is 2.65. The van der Waals surface area contributed by atoms with Crippen LogP contribution in [0.2, 0.25) is 0 Å². The van der Waals surface area contributed by atoms with Gasteiger partial charge in [0.2, 0.25) is 5.88 Å². The van der Waals surface area contributed by atoms with Gasteiger partial charge in [-0.15, -0.1) is 0 Å². The SMILES string of the molecule is CC(C)Cc1noc(N)c1CC(C)C. The van der Waals surface area contributed by atoms with Crippen molar-refractivity contribution < 1.29 is 4.52 Å². The van der Waals surface area contributed by atoms with E-state index in [0.717, 1.165) is 24.1 Å². The van der Waals surface area contributed by atoms with Gasteiger partial charge in [0.25, 0.3) is 0 Å². The van der Waals surface area contributed by atoms with E-state index in [1.807, 2.05) is 0 Å². The lowest BCUT2D eigenvalue weighted by Gasteiger charge is -2.06. The maximum atomic E-state index is 5.74. The van der Waals surface area contributed by atoms with Crippen molar-refractivity contribution in [1.29, 1.82) is 0 Å². The average Bonchev–Trinajstić information content (AvgIpc) is 2.34. The van der Waals surface area contributed by atoms with Crippen molar-refractivity contribution in [2.24, 2.45) is 11.8 Å². The van der Waals surface area contributed by atoms with E-state index >= 15 is 0 Å². The highest BCUT2D eigenvalue weighted by Gasteiger charge is 2.15. The van der Waals surface area contributed by atoms with Gasteiger partial charge >= 0.3 is 0 Å². The molecule has 1 heterocycles. The fourth-order valence-corrected chi connectivity index (χ4v) is 1.53. The molecule has 2 N–H and O–H groups in total. The zero-order valence-corrected chi connectivity index (χ0v) is 9.50. The summed E-state index contributed by atoms with van der Waals surface area (Å²) in [5.41, 5.74) is 7.88. The van der Waals surface area contributed by atoms with Gasteiger partial charge in [0.1, 0.15) is 0 Å². The summed E-state index contributed by atoms with van der Waals surface area (Å²) >= 11 is 0. The summed E-state index contributed by atoms with van der Waals surface area (Å²) in [4.78, 5) is 0. The van der Waals surface area contributed by atoms with E-state index in [4.69, 9.17) is 10.3 Å². The Labute approximate surface area is 85.7 Å². The summed E-state index contributed by atoms with van der Waals surface area (Å²) < 4.78 is 5.03. The second-order valence-electron chi connectivity index (χ2n) is 4.67. The third-order valence-electron chi connectivity index (χ3n) is 2.11. The Morgan fingerprint density at radius 2 is 1.71 bits per heavy atom. The molecular formula is C11H20N2O. The summed E-state index contributed by atoms with van der Waals surface area (Å²) in [7, 11) is 0. The second-order valence-corrected chi connectivity index (χ2v) is 4.67. The summed E-state index contributed by atoms with van der Waals surface area (Å²) in [5, 5.41) is 4.01. The zero-order valence-electron chi connectivity index (χ0n) is 9.50. The molecule has 0 aliphatic rings. The van der Waals surface area contributed by atoms with Gasteiger partial charge in [-0.1, -0.05) is 32.9 Å². The number of aromatic nitrogens is 1. The maximum Gasteiger partial charge on any atom is 0.225 e. The minimum absolute atomic E-state index is 0.495. The number of hydrogen-bond donors (Lipinski definition) is 1. The van der Waals surface area contributed by atoms with Crippen molar-refractivity contribution in [1.82, 2.24) is 5.16 Å². The van der Waals surface area contributed by atoms with Gasteiger partial charge < -0.3 is 10.3 Å². The second kappa shape index (κ2) is 4.49. The van der Waals surface area contributed by atoms with Crippen LogP contribution in [0.1, 0.15) is 39.0 Å². The number of hydrogen-bond acceptors (Lipinski definition) is 3. The molecule has 3 nitrogen and oxygen atoms in total. The molecular weight excluding hydrogens is 176 g/mol. The minimum atomic E-state index is 0.495. The van der Waals surface area contributed by atoms with E-state index in [2.05, 4.69) is 32.9 Å².